The lowest BCUT2D eigenvalue weighted by molar-refractivity contribution is -0.125. The summed E-state index contributed by atoms with van der Waals surface area (Å²) in [7, 11) is 0. The highest BCUT2D eigenvalue weighted by Crippen LogP contribution is 2.61. The fourth-order valence-corrected chi connectivity index (χ4v) is 10.4. The zero-order chi connectivity index (χ0) is 36.5. The fourth-order valence-electron chi connectivity index (χ4n) is 10.4. The van der Waals surface area contributed by atoms with Crippen LogP contribution in [0.25, 0.3) is 22.3 Å². The molecule has 5 fully saturated rings. The Morgan fingerprint density at radius 1 is 1.04 bits per heavy atom. The van der Waals surface area contributed by atoms with Crippen molar-refractivity contribution in [2.75, 3.05) is 31.9 Å². The molecular formula is C43H53N7O3. The van der Waals surface area contributed by atoms with Crippen molar-refractivity contribution in [2.24, 2.45) is 29.1 Å². The number of hydrogen-bond donors (Lipinski definition) is 2. The summed E-state index contributed by atoms with van der Waals surface area (Å²) in [6, 6.07) is 15.4. The van der Waals surface area contributed by atoms with Crippen molar-refractivity contribution in [1.82, 2.24) is 30.0 Å². The molecule has 10 heteroatoms. The van der Waals surface area contributed by atoms with Crippen LogP contribution in [0.4, 0.5) is 5.82 Å². The normalized spacial score (nSPS) is 24.7. The summed E-state index contributed by atoms with van der Waals surface area (Å²) >= 11 is 0. The lowest BCUT2D eigenvalue weighted by Gasteiger charge is -2.57. The molecule has 4 aliphatic carbocycles. The Kier molecular flexibility index (Phi) is 10.1. The van der Waals surface area contributed by atoms with Gasteiger partial charge in [-0.05, 0) is 124 Å². The van der Waals surface area contributed by atoms with E-state index in [0.29, 0.717) is 46.0 Å². The van der Waals surface area contributed by atoms with Gasteiger partial charge in [-0.15, -0.1) is 0 Å². The number of anilines is 1. The molecule has 1 aliphatic heterocycles. The van der Waals surface area contributed by atoms with E-state index in [1.165, 1.54) is 57.3 Å². The molecule has 4 bridgehead atoms. The zero-order valence-corrected chi connectivity index (χ0v) is 31.0. The van der Waals surface area contributed by atoms with Crippen LogP contribution in [-0.2, 0) is 16.0 Å². The summed E-state index contributed by atoms with van der Waals surface area (Å²) in [5, 5.41) is 9.07. The Balaban J connectivity index is 0.892. The summed E-state index contributed by atoms with van der Waals surface area (Å²) in [5.74, 6) is 4.69. The topological polar surface area (TPSA) is 128 Å². The number of hydrogen-bond acceptors (Lipinski definition) is 8. The third kappa shape index (κ3) is 7.61. The number of amides is 1. The summed E-state index contributed by atoms with van der Waals surface area (Å²) < 4.78 is 8.19. The van der Waals surface area contributed by atoms with Crippen LogP contribution in [0.2, 0.25) is 0 Å². The van der Waals surface area contributed by atoms with Gasteiger partial charge in [-0.1, -0.05) is 31.7 Å². The largest absolute Gasteiger partial charge is 0.457 e. The Bertz CT molecular complexity index is 1930. The van der Waals surface area contributed by atoms with Gasteiger partial charge in [0.2, 0.25) is 5.91 Å². The molecule has 53 heavy (non-hydrogen) atoms. The molecule has 0 unspecified atom stereocenters. The molecule has 0 spiro atoms. The van der Waals surface area contributed by atoms with Crippen LogP contribution in [0.15, 0.2) is 67.5 Å². The van der Waals surface area contributed by atoms with Gasteiger partial charge in [0.15, 0.2) is 11.4 Å². The van der Waals surface area contributed by atoms with E-state index >= 15 is 0 Å². The minimum absolute atomic E-state index is 0.0663. The maximum atomic E-state index is 13.1. The fraction of sp³-hybridized carbons (Fsp3) is 0.512. The quantitative estimate of drug-likeness (QED) is 0.128. The number of nitrogen functional groups attached to an aromatic ring is 1. The van der Waals surface area contributed by atoms with E-state index in [1.54, 1.807) is 0 Å². The predicted octanol–water partition coefficient (Wildman–Crippen LogP) is 7.55. The van der Waals surface area contributed by atoms with Crippen LogP contribution in [0.5, 0.6) is 11.5 Å². The first-order valence-electron chi connectivity index (χ1n) is 19.8. The maximum Gasteiger partial charge on any atom is 0.222 e. The number of fused-ring (bicyclic) bond motifs is 1. The third-order valence-corrected chi connectivity index (χ3v) is 12.8. The molecule has 4 aromatic rings. The molecule has 9 rings (SSSR count). The van der Waals surface area contributed by atoms with Gasteiger partial charge in [0.05, 0.1) is 11.4 Å². The number of aromatic nitrogens is 4. The number of nitrogens with two attached hydrogens (primary N) is 1. The van der Waals surface area contributed by atoms with E-state index in [-0.39, 0.29) is 30.1 Å². The minimum atomic E-state index is -0.105. The average Bonchev–Trinajstić information content (AvgIpc) is 3.55. The number of benzene rings is 2. The van der Waals surface area contributed by atoms with Gasteiger partial charge < -0.3 is 20.7 Å². The van der Waals surface area contributed by atoms with Crippen molar-refractivity contribution in [3.63, 3.8) is 0 Å². The van der Waals surface area contributed by atoms with E-state index in [9.17, 15) is 9.59 Å². The van der Waals surface area contributed by atoms with Gasteiger partial charge in [-0.3, -0.25) is 9.59 Å². The van der Waals surface area contributed by atoms with Gasteiger partial charge in [0, 0.05) is 49.6 Å². The lowest BCUT2D eigenvalue weighted by atomic mass is 9.48. The Morgan fingerprint density at radius 3 is 2.45 bits per heavy atom. The van der Waals surface area contributed by atoms with Crippen molar-refractivity contribution in [1.29, 1.82) is 0 Å². The molecule has 0 radical (unpaired) electrons. The van der Waals surface area contributed by atoms with Crippen molar-refractivity contribution < 1.29 is 14.3 Å². The first-order valence-corrected chi connectivity index (χ1v) is 19.8. The van der Waals surface area contributed by atoms with E-state index in [1.807, 2.05) is 53.2 Å². The van der Waals surface area contributed by atoms with E-state index in [0.717, 1.165) is 67.8 Å². The summed E-state index contributed by atoms with van der Waals surface area (Å²) in [6.07, 6.45) is 15.7. The molecule has 1 amide bonds. The monoisotopic (exact) mass is 715 g/mol. The number of carbonyl (C=O) groups excluding carboxylic acids is 2. The van der Waals surface area contributed by atoms with E-state index < -0.39 is 0 Å². The highest BCUT2D eigenvalue weighted by Gasteiger charge is 2.50. The molecule has 2 aromatic heterocycles. The average molecular weight is 716 g/mol. The van der Waals surface area contributed by atoms with Crippen LogP contribution < -0.4 is 15.8 Å². The number of piperidine rings is 1. The Hall–Kier alpha value is -4.57. The van der Waals surface area contributed by atoms with Gasteiger partial charge in [0.1, 0.15) is 29.3 Å². The van der Waals surface area contributed by atoms with Crippen molar-refractivity contribution in [3.8, 4) is 22.8 Å². The molecule has 1 saturated heterocycles. The second kappa shape index (κ2) is 15.0. The molecule has 2 aromatic carbocycles. The van der Waals surface area contributed by atoms with Gasteiger partial charge in [-0.25, -0.2) is 14.6 Å². The molecule has 278 valence electrons. The van der Waals surface area contributed by atoms with Crippen LogP contribution in [0, 0.1) is 29.1 Å². The molecule has 1 atom stereocenters. The molecule has 5 aliphatic rings. The first-order chi connectivity index (χ1) is 25.8. The number of allylic oxidation sites excluding steroid dienone is 1. The third-order valence-electron chi connectivity index (χ3n) is 12.8. The second-order valence-electron chi connectivity index (χ2n) is 16.6. The molecule has 4 saturated carbocycles. The standard InChI is InChI=1S/C43H53N7O3/c1-3-35(51)23-33-22-32(9-10-37(33)53-36-7-5-4-6-8-36)39-38-40(44)46-27-47-41(38)50(48-39)34-12-16-49(17-13-34)18-15-45-42(52)28(2)11-14-43-24-29-19-30(25-43)21-31(20-29)26-43/h3-10,22,27-31,34H,1,11-21,23-26H2,2H3,(H,45,52)(H2,44,46,47)/t28-,29?,30?,31?,43?/m1/s1. The van der Waals surface area contributed by atoms with Crippen molar-refractivity contribution in [2.45, 2.75) is 83.6 Å². The molecular weight excluding hydrogens is 663 g/mol. The smallest absolute Gasteiger partial charge is 0.222 e. The van der Waals surface area contributed by atoms with Gasteiger partial charge >= 0.3 is 0 Å². The van der Waals surface area contributed by atoms with Crippen LogP contribution >= 0.6 is 0 Å². The highest BCUT2D eigenvalue weighted by atomic mass is 16.5. The van der Waals surface area contributed by atoms with Crippen molar-refractivity contribution in [3.05, 3.63) is 73.1 Å². The first kappa shape index (κ1) is 35.5. The maximum absolute atomic E-state index is 13.1. The molecule has 10 nitrogen and oxygen atoms in total. The number of nitrogens with zero attached hydrogens (tertiary/aromatic N) is 5. The summed E-state index contributed by atoms with van der Waals surface area (Å²) in [5.41, 5.74) is 9.93. The Labute approximate surface area is 312 Å². The lowest BCUT2D eigenvalue weighted by Crippen LogP contribution is -2.46. The molecule has 3 heterocycles. The van der Waals surface area contributed by atoms with Crippen LogP contribution in [-0.4, -0.2) is 62.5 Å². The second-order valence-corrected chi connectivity index (χ2v) is 16.6. The number of likely N-dealkylation sites (tertiary alicyclic amines) is 1. The van der Waals surface area contributed by atoms with Crippen molar-refractivity contribution >= 4 is 28.5 Å². The van der Waals surface area contributed by atoms with Crippen LogP contribution in [0.1, 0.15) is 82.7 Å². The summed E-state index contributed by atoms with van der Waals surface area (Å²) in [6.45, 7) is 9.10. The number of para-hydroxylation sites is 1. The Morgan fingerprint density at radius 2 is 1.75 bits per heavy atom. The van der Waals surface area contributed by atoms with E-state index in [4.69, 9.17) is 15.6 Å². The zero-order valence-electron chi connectivity index (χ0n) is 31.0. The predicted molar refractivity (Wildman–Crippen MR) is 207 cm³/mol. The van der Waals surface area contributed by atoms with E-state index in [2.05, 4.69) is 33.7 Å². The molecule has 3 N–H and O–H groups in total. The minimum Gasteiger partial charge on any atom is -0.457 e. The van der Waals surface area contributed by atoms with Crippen LogP contribution in [0.3, 0.4) is 0 Å². The van der Waals surface area contributed by atoms with Gasteiger partial charge in [0.25, 0.3) is 0 Å². The number of nitrogens with one attached hydrogen (secondary N) is 1. The number of rotatable bonds is 14. The SMILES string of the molecule is C=CC(=O)Cc1cc(-c2nn(C3CCN(CCNC(=O)[C@H](C)CCC45CC6CC(CC(C6)C4)C5)CC3)c3ncnc(N)c23)ccc1Oc1ccccc1. The van der Waals surface area contributed by atoms with Gasteiger partial charge in [-0.2, -0.15) is 5.10 Å². The summed E-state index contributed by atoms with van der Waals surface area (Å²) in [4.78, 5) is 37.0. The number of carbonyl (C=O) groups is 2. The number of ether oxygens (including phenoxy) is 1. The highest BCUT2D eigenvalue weighted by molar-refractivity contribution is 5.99. The number of ketones is 1.